The predicted molar refractivity (Wildman–Crippen MR) is 108 cm³/mol. The van der Waals surface area contributed by atoms with E-state index in [1.54, 1.807) is 0 Å². The van der Waals surface area contributed by atoms with Crippen LogP contribution in [0.2, 0.25) is 0 Å². The van der Waals surface area contributed by atoms with E-state index in [1.807, 2.05) is 35.2 Å². The number of amides is 1. The molecule has 1 N–H and O–H groups in total. The third kappa shape index (κ3) is 4.01. The van der Waals surface area contributed by atoms with E-state index in [2.05, 4.69) is 23.1 Å². The zero-order chi connectivity index (χ0) is 18.6. The van der Waals surface area contributed by atoms with Gasteiger partial charge in [-0.15, -0.1) is 0 Å². The van der Waals surface area contributed by atoms with Crippen LogP contribution < -0.4 is 4.90 Å². The maximum Gasteiger partial charge on any atom is 0.255 e. The number of hydrogen-bond donors (Lipinski definition) is 1. The first-order valence-corrected chi connectivity index (χ1v) is 10.1. The minimum absolute atomic E-state index is 0.0798. The quantitative estimate of drug-likeness (QED) is 0.883. The van der Waals surface area contributed by atoms with Gasteiger partial charge in [-0.1, -0.05) is 36.4 Å². The molecule has 0 aromatic heterocycles. The summed E-state index contributed by atoms with van der Waals surface area (Å²) >= 11 is 0. The molecule has 1 atom stereocenters. The number of anilines is 1. The Hall–Kier alpha value is -2.33. The maximum atomic E-state index is 13.2. The first-order chi connectivity index (χ1) is 13.2. The van der Waals surface area contributed by atoms with Gasteiger partial charge < -0.3 is 14.9 Å². The monoisotopic (exact) mass is 364 g/mol. The fourth-order valence-electron chi connectivity index (χ4n) is 4.43. The Morgan fingerprint density at radius 2 is 1.78 bits per heavy atom. The third-order valence-corrected chi connectivity index (χ3v) is 5.85. The second kappa shape index (κ2) is 8.13. The highest BCUT2D eigenvalue weighted by molar-refractivity contribution is 6.00. The van der Waals surface area contributed by atoms with E-state index in [0.717, 1.165) is 55.8 Å². The molecule has 1 amide bonds. The molecule has 142 valence electrons. The van der Waals surface area contributed by atoms with Crippen LogP contribution in [0.3, 0.4) is 0 Å². The molecule has 0 aliphatic carbocycles. The number of hydrogen-bond acceptors (Lipinski definition) is 3. The maximum absolute atomic E-state index is 13.2. The summed E-state index contributed by atoms with van der Waals surface area (Å²) in [7, 11) is 0. The van der Waals surface area contributed by atoms with Crippen molar-refractivity contribution in [3.63, 3.8) is 0 Å². The summed E-state index contributed by atoms with van der Waals surface area (Å²) in [4.78, 5) is 17.6. The van der Waals surface area contributed by atoms with E-state index in [0.29, 0.717) is 5.92 Å². The van der Waals surface area contributed by atoms with Crippen molar-refractivity contribution in [1.29, 1.82) is 0 Å². The van der Waals surface area contributed by atoms with E-state index >= 15 is 0 Å². The van der Waals surface area contributed by atoms with Gasteiger partial charge in [-0.05, 0) is 54.9 Å². The molecule has 0 radical (unpaired) electrons. The fourth-order valence-corrected chi connectivity index (χ4v) is 4.43. The molecule has 27 heavy (non-hydrogen) atoms. The number of para-hydroxylation sites is 1. The second-order valence-electron chi connectivity index (χ2n) is 7.80. The second-order valence-corrected chi connectivity index (χ2v) is 7.80. The van der Waals surface area contributed by atoms with Crippen molar-refractivity contribution in [1.82, 2.24) is 4.90 Å². The molecule has 2 aliphatic rings. The molecule has 2 aliphatic heterocycles. The van der Waals surface area contributed by atoms with Crippen molar-refractivity contribution in [2.24, 2.45) is 5.92 Å². The Bertz CT molecular complexity index is 798. The van der Waals surface area contributed by atoms with Crippen LogP contribution in [0.15, 0.2) is 48.5 Å². The van der Waals surface area contributed by atoms with E-state index in [-0.39, 0.29) is 12.5 Å². The topological polar surface area (TPSA) is 43.8 Å². The standard InChI is InChI=1S/C23H28N2O2/c26-17-20-7-5-6-18(15-20)14-19-10-13-25(16-19)23(27)21-8-1-2-9-22(21)24-11-3-4-12-24/h1-2,5-9,15,19,26H,3-4,10-14,16-17H2/t19-/m1/s1. The minimum Gasteiger partial charge on any atom is -0.392 e. The van der Waals surface area contributed by atoms with Crippen LogP contribution in [0.1, 0.15) is 40.7 Å². The summed E-state index contributed by atoms with van der Waals surface area (Å²) in [6.07, 6.45) is 4.43. The van der Waals surface area contributed by atoms with Crippen molar-refractivity contribution >= 4 is 11.6 Å². The van der Waals surface area contributed by atoms with Gasteiger partial charge in [0.15, 0.2) is 0 Å². The van der Waals surface area contributed by atoms with Gasteiger partial charge in [-0.2, -0.15) is 0 Å². The number of aliphatic hydroxyl groups excluding tert-OH is 1. The largest absolute Gasteiger partial charge is 0.392 e. The lowest BCUT2D eigenvalue weighted by Gasteiger charge is -2.24. The van der Waals surface area contributed by atoms with Crippen LogP contribution in [-0.2, 0) is 13.0 Å². The lowest BCUT2D eigenvalue weighted by molar-refractivity contribution is 0.0787. The smallest absolute Gasteiger partial charge is 0.255 e. The zero-order valence-electron chi connectivity index (χ0n) is 15.8. The van der Waals surface area contributed by atoms with Gasteiger partial charge in [0, 0.05) is 31.9 Å². The normalized spacial score (nSPS) is 19.7. The van der Waals surface area contributed by atoms with Gasteiger partial charge in [-0.3, -0.25) is 4.79 Å². The molecule has 4 heteroatoms. The molecular weight excluding hydrogens is 336 g/mol. The molecule has 0 bridgehead atoms. The van der Waals surface area contributed by atoms with Gasteiger partial charge in [0.2, 0.25) is 0 Å². The Kier molecular flexibility index (Phi) is 5.44. The van der Waals surface area contributed by atoms with E-state index in [4.69, 9.17) is 0 Å². The number of benzene rings is 2. The zero-order valence-corrected chi connectivity index (χ0v) is 15.8. The average Bonchev–Trinajstić information content (AvgIpc) is 3.40. The van der Waals surface area contributed by atoms with E-state index in [1.165, 1.54) is 18.4 Å². The number of carbonyl (C=O) groups excluding carboxylic acids is 1. The van der Waals surface area contributed by atoms with Crippen LogP contribution in [-0.4, -0.2) is 42.1 Å². The van der Waals surface area contributed by atoms with Crippen molar-refractivity contribution < 1.29 is 9.90 Å². The van der Waals surface area contributed by atoms with Crippen LogP contribution in [0.4, 0.5) is 5.69 Å². The molecule has 0 saturated carbocycles. The SMILES string of the molecule is O=C(c1ccccc1N1CCCC1)N1CC[C@H](Cc2cccc(CO)c2)C1. The van der Waals surface area contributed by atoms with Crippen molar-refractivity contribution in [2.75, 3.05) is 31.1 Å². The van der Waals surface area contributed by atoms with Crippen LogP contribution in [0.5, 0.6) is 0 Å². The predicted octanol–water partition coefficient (Wildman–Crippen LogP) is 3.48. The van der Waals surface area contributed by atoms with E-state index < -0.39 is 0 Å². The molecular formula is C23H28N2O2. The van der Waals surface area contributed by atoms with Crippen molar-refractivity contribution in [3.8, 4) is 0 Å². The van der Waals surface area contributed by atoms with Gasteiger partial charge in [0.1, 0.15) is 0 Å². The molecule has 2 heterocycles. The van der Waals surface area contributed by atoms with Crippen molar-refractivity contribution in [2.45, 2.75) is 32.3 Å². The molecule has 2 aromatic carbocycles. The number of likely N-dealkylation sites (tertiary alicyclic amines) is 1. The summed E-state index contributed by atoms with van der Waals surface area (Å²) < 4.78 is 0. The number of carbonyl (C=O) groups is 1. The lowest BCUT2D eigenvalue weighted by Crippen LogP contribution is -2.31. The summed E-state index contributed by atoms with van der Waals surface area (Å²) in [5.74, 6) is 0.658. The van der Waals surface area contributed by atoms with Crippen molar-refractivity contribution in [3.05, 3.63) is 65.2 Å². The van der Waals surface area contributed by atoms with Gasteiger partial charge in [-0.25, -0.2) is 0 Å². The third-order valence-electron chi connectivity index (χ3n) is 5.85. The average molecular weight is 364 g/mol. The summed E-state index contributed by atoms with van der Waals surface area (Å²) in [5, 5.41) is 9.32. The molecule has 0 unspecified atom stereocenters. The van der Waals surface area contributed by atoms with Crippen LogP contribution >= 0.6 is 0 Å². The van der Waals surface area contributed by atoms with Gasteiger partial charge in [0.05, 0.1) is 12.2 Å². The Morgan fingerprint density at radius 3 is 2.59 bits per heavy atom. The molecule has 2 aromatic rings. The minimum atomic E-state index is 0.0798. The molecule has 4 rings (SSSR count). The Morgan fingerprint density at radius 1 is 1.00 bits per heavy atom. The first kappa shape index (κ1) is 18.1. The number of rotatable bonds is 5. The first-order valence-electron chi connectivity index (χ1n) is 10.1. The Labute approximate surface area is 161 Å². The fraction of sp³-hybridized carbons (Fsp3) is 0.435. The summed E-state index contributed by atoms with van der Waals surface area (Å²) in [6.45, 7) is 3.83. The molecule has 2 saturated heterocycles. The number of aliphatic hydroxyl groups is 1. The highest BCUT2D eigenvalue weighted by atomic mass is 16.3. The highest BCUT2D eigenvalue weighted by Crippen LogP contribution is 2.28. The molecule has 0 spiro atoms. The summed E-state index contributed by atoms with van der Waals surface area (Å²) in [6, 6.07) is 16.2. The number of nitrogens with zero attached hydrogens (tertiary/aromatic N) is 2. The van der Waals surface area contributed by atoms with Gasteiger partial charge >= 0.3 is 0 Å². The summed E-state index contributed by atoms with van der Waals surface area (Å²) in [5.41, 5.74) is 4.15. The van der Waals surface area contributed by atoms with Gasteiger partial charge in [0.25, 0.3) is 5.91 Å². The Balaban J connectivity index is 1.44. The van der Waals surface area contributed by atoms with E-state index in [9.17, 15) is 9.90 Å². The molecule has 2 fully saturated rings. The lowest BCUT2D eigenvalue weighted by atomic mass is 9.97. The highest BCUT2D eigenvalue weighted by Gasteiger charge is 2.29. The van der Waals surface area contributed by atoms with Crippen LogP contribution in [0.25, 0.3) is 0 Å². The van der Waals surface area contributed by atoms with Crippen LogP contribution in [0, 0.1) is 5.92 Å². The molecule has 4 nitrogen and oxygen atoms in total.